The van der Waals surface area contributed by atoms with Gasteiger partial charge in [0, 0.05) is 24.7 Å². The van der Waals surface area contributed by atoms with E-state index < -0.39 is 0 Å². The van der Waals surface area contributed by atoms with E-state index in [0.717, 1.165) is 18.5 Å². The largest absolute Gasteiger partial charge is 0.390 e. The second-order valence-corrected chi connectivity index (χ2v) is 2.83. The molecular weight excluding hydrogens is 162 g/mol. The van der Waals surface area contributed by atoms with Crippen LogP contribution >= 0.6 is 0 Å². The molecule has 0 aliphatic heterocycles. The predicted octanol–water partition coefficient (Wildman–Crippen LogP) is 2.43. The van der Waals surface area contributed by atoms with Crippen molar-refractivity contribution in [3.05, 3.63) is 23.9 Å². The van der Waals surface area contributed by atoms with Crippen LogP contribution in [0.4, 0.5) is 0 Å². The summed E-state index contributed by atoms with van der Waals surface area (Å²) in [4.78, 5) is 11.3. The standard InChI is InChI=1S/C11H19NO/c1-4-7-10(11(13)6-3)9-12-8-5-2/h4,7,9,12H,5-6,8H2,1-3H3/b7-4-,10-9?. The highest BCUT2D eigenvalue weighted by molar-refractivity contribution is 5.97. The van der Waals surface area contributed by atoms with Gasteiger partial charge in [0.05, 0.1) is 0 Å². The van der Waals surface area contributed by atoms with Crippen LogP contribution in [0.25, 0.3) is 0 Å². The lowest BCUT2D eigenvalue weighted by Gasteiger charge is -2.00. The fourth-order valence-corrected chi connectivity index (χ4v) is 0.932. The molecule has 0 spiro atoms. The third-order valence-electron chi connectivity index (χ3n) is 1.64. The second kappa shape index (κ2) is 7.59. The number of nitrogens with one attached hydrogen (secondary N) is 1. The summed E-state index contributed by atoms with van der Waals surface area (Å²) in [5.74, 6) is 0.182. The zero-order valence-corrected chi connectivity index (χ0v) is 8.76. The SMILES string of the molecule is C/C=C\C(=CNCCC)C(=O)CC. The normalized spacial score (nSPS) is 12.1. The topological polar surface area (TPSA) is 29.1 Å². The number of Topliss-reactive ketones (excluding diaryl/α,β-unsaturated/α-hetero) is 1. The van der Waals surface area contributed by atoms with Crippen molar-refractivity contribution >= 4 is 5.78 Å². The Bertz CT molecular complexity index is 204. The fourth-order valence-electron chi connectivity index (χ4n) is 0.932. The zero-order chi connectivity index (χ0) is 10.1. The van der Waals surface area contributed by atoms with Gasteiger partial charge < -0.3 is 5.32 Å². The summed E-state index contributed by atoms with van der Waals surface area (Å²) in [7, 11) is 0. The van der Waals surface area contributed by atoms with Gasteiger partial charge in [0.15, 0.2) is 5.78 Å². The Morgan fingerprint density at radius 3 is 2.54 bits per heavy atom. The number of ketones is 1. The summed E-state index contributed by atoms with van der Waals surface area (Å²) in [6.45, 7) is 6.80. The van der Waals surface area contributed by atoms with Gasteiger partial charge in [-0.2, -0.15) is 0 Å². The lowest BCUT2D eigenvalue weighted by molar-refractivity contribution is -0.115. The highest BCUT2D eigenvalue weighted by atomic mass is 16.1. The first-order chi connectivity index (χ1) is 6.26. The van der Waals surface area contributed by atoms with Gasteiger partial charge in [-0.1, -0.05) is 26.0 Å². The summed E-state index contributed by atoms with van der Waals surface area (Å²) < 4.78 is 0. The Morgan fingerprint density at radius 1 is 1.38 bits per heavy atom. The first-order valence-electron chi connectivity index (χ1n) is 4.85. The number of hydrogen-bond acceptors (Lipinski definition) is 2. The molecule has 0 aromatic carbocycles. The van der Waals surface area contributed by atoms with Gasteiger partial charge in [0.1, 0.15) is 0 Å². The van der Waals surface area contributed by atoms with Crippen LogP contribution in [-0.2, 0) is 4.79 Å². The summed E-state index contributed by atoms with van der Waals surface area (Å²) in [6, 6.07) is 0. The van der Waals surface area contributed by atoms with E-state index in [0.29, 0.717) is 6.42 Å². The molecule has 0 heterocycles. The van der Waals surface area contributed by atoms with E-state index in [9.17, 15) is 4.79 Å². The second-order valence-electron chi connectivity index (χ2n) is 2.83. The van der Waals surface area contributed by atoms with Crippen molar-refractivity contribution in [3.63, 3.8) is 0 Å². The summed E-state index contributed by atoms with van der Waals surface area (Å²) in [6.07, 6.45) is 7.15. The maximum atomic E-state index is 11.3. The molecule has 2 nitrogen and oxygen atoms in total. The molecule has 0 rings (SSSR count). The maximum Gasteiger partial charge on any atom is 0.164 e. The van der Waals surface area contributed by atoms with E-state index >= 15 is 0 Å². The van der Waals surface area contributed by atoms with E-state index in [2.05, 4.69) is 12.2 Å². The van der Waals surface area contributed by atoms with Crippen molar-refractivity contribution in [2.24, 2.45) is 0 Å². The van der Waals surface area contributed by atoms with Crippen LogP contribution in [0.2, 0.25) is 0 Å². The first kappa shape index (κ1) is 11.9. The Hall–Kier alpha value is -1.05. The Kier molecular flexibility index (Phi) is 6.98. The quantitative estimate of drug-likeness (QED) is 0.387. The third-order valence-corrected chi connectivity index (χ3v) is 1.64. The predicted molar refractivity (Wildman–Crippen MR) is 56.5 cm³/mol. The van der Waals surface area contributed by atoms with Crippen LogP contribution in [0.15, 0.2) is 23.9 Å². The lowest BCUT2D eigenvalue weighted by atomic mass is 10.1. The number of carbonyl (C=O) groups excluding carboxylic acids is 1. The third kappa shape index (κ3) is 5.23. The lowest BCUT2D eigenvalue weighted by Crippen LogP contribution is -2.09. The molecule has 0 saturated heterocycles. The van der Waals surface area contributed by atoms with E-state index in [1.165, 1.54) is 0 Å². The number of carbonyl (C=O) groups is 1. The van der Waals surface area contributed by atoms with Gasteiger partial charge in [0.25, 0.3) is 0 Å². The Labute approximate surface area is 80.7 Å². The molecule has 74 valence electrons. The molecule has 0 amide bonds. The van der Waals surface area contributed by atoms with Crippen molar-refractivity contribution in [1.29, 1.82) is 0 Å². The van der Waals surface area contributed by atoms with Gasteiger partial charge in [-0.3, -0.25) is 4.79 Å². The molecule has 0 aliphatic carbocycles. The average Bonchev–Trinajstić information content (AvgIpc) is 2.16. The van der Waals surface area contributed by atoms with E-state index in [1.807, 2.05) is 26.0 Å². The molecule has 13 heavy (non-hydrogen) atoms. The Balaban J connectivity index is 4.23. The van der Waals surface area contributed by atoms with E-state index in [4.69, 9.17) is 0 Å². The monoisotopic (exact) mass is 181 g/mol. The zero-order valence-electron chi connectivity index (χ0n) is 8.76. The van der Waals surface area contributed by atoms with Gasteiger partial charge in [0.2, 0.25) is 0 Å². The van der Waals surface area contributed by atoms with E-state index in [1.54, 1.807) is 6.20 Å². The van der Waals surface area contributed by atoms with Crippen molar-refractivity contribution in [2.45, 2.75) is 33.6 Å². The molecule has 1 N–H and O–H groups in total. The van der Waals surface area contributed by atoms with Crippen molar-refractivity contribution < 1.29 is 4.79 Å². The highest BCUT2D eigenvalue weighted by Gasteiger charge is 2.01. The number of hydrogen-bond donors (Lipinski definition) is 1. The van der Waals surface area contributed by atoms with Crippen molar-refractivity contribution in [3.8, 4) is 0 Å². The first-order valence-corrected chi connectivity index (χ1v) is 4.85. The molecule has 0 aromatic heterocycles. The molecule has 0 unspecified atom stereocenters. The van der Waals surface area contributed by atoms with Crippen LogP contribution < -0.4 is 5.32 Å². The van der Waals surface area contributed by atoms with Gasteiger partial charge in [-0.15, -0.1) is 0 Å². The molecule has 0 aromatic rings. The maximum absolute atomic E-state index is 11.3. The minimum atomic E-state index is 0.182. The van der Waals surface area contributed by atoms with Gasteiger partial charge in [-0.05, 0) is 13.3 Å². The van der Waals surface area contributed by atoms with Crippen LogP contribution in [0.5, 0.6) is 0 Å². The molecular formula is C11H19NO. The molecule has 0 bridgehead atoms. The smallest absolute Gasteiger partial charge is 0.164 e. The highest BCUT2D eigenvalue weighted by Crippen LogP contribution is 2.00. The molecule has 0 aliphatic rings. The van der Waals surface area contributed by atoms with Crippen LogP contribution in [0.1, 0.15) is 33.6 Å². The molecule has 2 heteroatoms. The fraction of sp³-hybridized carbons (Fsp3) is 0.545. The van der Waals surface area contributed by atoms with E-state index in [-0.39, 0.29) is 5.78 Å². The van der Waals surface area contributed by atoms with Gasteiger partial charge >= 0.3 is 0 Å². The summed E-state index contributed by atoms with van der Waals surface area (Å²) in [5, 5.41) is 3.10. The average molecular weight is 181 g/mol. The Morgan fingerprint density at radius 2 is 2.08 bits per heavy atom. The summed E-state index contributed by atoms with van der Waals surface area (Å²) in [5.41, 5.74) is 0.762. The van der Waals surface area contributed by atoms with Crippen LogP contribution in [0, 0.1) is 0 Å². The summed E-state index contributed by atoms with van der Waals surface area (Å²) >= 11 is 0. The molecule has 0 fully saturated rings. The minimum absolute atomic E-state index is 0.182. The molecule has 0 atom stereocenters. The van der Waals surface area contributed by atoms with Crippen molar-refractivity contribution in [1.82, 2.24) is 5.32 Å². The van der Waals surface area contributed by atoms with Crippen LogP contribution in [-0.4, -0.2) is 12.3 Å². The van der Waals surface area contributed by atoms with Gasteiger partial charge in [-0.25, -0.2) is 0 Å². The number of allylic oxidation sites excluding steroid dienone is 3. The molecule has 0 saturated carbocycles. The van der Waals surface area contributed by atoms with Crippen molar-refractivity contribution in [2.75, 3.05) is 6.54 Å². The number of rotatable bonds is 6. The minimum Gasteiger partial charge on any atom is -0.390 e. The molecule has 0 radical (unpaired) electrons. The van der Waals surface area contributed by atoms with Crippen LogP contribution in [0.3, 0.4) is 0 Å².